The SMILES string of the molecule is CCC/C=C\CCCCCCCC(=O)NC(CO)C(O)/C=C/CC/C=C/CCCCCCCCCCCC. The van der Waals surface area contributed by atoms with E-state index in [4.69, 9.17) is 0 Å². The van der Waals surface area contributed by atoms with Gasteiger partial charge in [-0.3, -0.25) is 4.79 Å². The van der Waals surface area contributed by atoms with Gasteiger partial charge in [-0.2, -0.15) is 0 Å². The summed E-state index contributed by atoms with van der Waals surface area (Å²) in [5, 5.41) is 22.7. The molecule has 0 saturated heterocycles. The van der Waals surface area contributed by atoms with Gasteiger partial charge in [0, 0.05) is 6.42 Å². The highest BCUT2D eigenvalue weighted by molar-refractivity contribution is 5.76. The van der Waals surface area contributed by atoms with Crippen molar-refractivity contribution >= 4 is 5.91 Å². The predicted molar refractivity (Wildman–Crippen MR) is 165 cm³/mol. The van der Waals surface area contributed by atoms with E-state index in [2.05, 4.69) is 43.5 Å². The lowest BCUT2D eigenvalue weighted by Crippen LogP contribution is -2.45. The molecule has 3 N–H and O–H groups in total. The van der Waals surface area contributed by atoms with Crippen LogP contribution in [0.2, 0.25) is 0 Å². The fraction of sp³-hybridized carbons (Fsp3) is 0.794. The number of hydrogen-bond acceptors (Lipinski definition) is 3. The number of aliphatic hydroxyl groups excluding tert-OH is 2. The van der Waals surface area contributed by atoms with E-state index in [1.54, 1.807) is 6.08 Å². The fourth-order valence-electron chi connectivity index (χ4n) is 4.55. The molecule has 4 heteroatoms. The van der Waals surface area contributed by atoms with E-state index in [-0.39, 0.29) is 12.5 Å². The summed E-state index contributed by atoms with van der Waals surface area (Å²) in [4.78, 5) is 12.2. The first-order chi connectivity index (χ1) is 18.7. The Kier molecular flexibility index (Phi) is 29.1. The highest BCUT2D eigenvalue weighted by Crippen LogP contribution is 2.12. The molecule has 1 amide bonds. The van der Waals surface area contributed by atoms with Crippen LogP contribution in [0.4, 0.5) is 0 Å². The molecule has 0 rings (SSSR count). The topological polar surface area (TPSA) is 69.6 Å². The van der Waals surface area contributed by atoms with Gasteiger partial charge >= 0.3 is 0 Å². The first-order valence-electron chi connectivity index (χ1n) is 16.2. The average molecular weight is 534 g/mol. The zero-order valence-electron chi connectivity index (χ0n) is 25.2. The zero-order chi connectivity index (χ0) is 27.9. The molecule has 0 aliphatic carbocycles. The Bertz CT molecular complexity index is 584. The molecule has 2 unspecified atom stereocenters. The van der Waals surface area contributed by atoms with E-state index in [1.807, 2.05) is 6.08 Å². The molecule has 0 aliphatic rings. The van der Waals surface area contributed by atoms with Gasteiger partial charge in [0.1, 0.15) is 0 Å². The quantitative estimate of drug-likeness (QED) is 0.0693. The summed E-state index contributed by atoms with van der Waals surface area (Å²) >= 11 is 0. The van der Waals surface area contributed by atoms with Crippen molar-refractivity contribution in [2.24, 2.45) is 0 Å². The summed E-state index contributed by atoms with van der Waals surface area (Å²) in [5.74, 6) is -0.0890. The van der Waals surface area contributed by atoms with Gasteiger partial charge in [-0.05, 0) is 51.4 Å². The predicted octanol–water partition coefficient (Wildman–Crippen LogP) is 9.12. The lowest BCUT2D eigenvalue weighted by Gasteiger charge is -2.19. The van der Waals surface area contributed by atoms with E-state index in [9.17, 15) is 15.0 Å². The molecule has 0 aromatic carbocycles. The second-order valence-electron chi connectivity index (χ2n) is 10.9. The van der Waals surface area contributed by atoms with Gasteiger partial charge in [0.05, 0.1) is 18.8 Å². The van der Waals surface area contributed by atoms with Crippen LogP contribution >= 0.6 is 0 Å². The van der Waals surface area contributed by atoms with Crippen LogP contribution in [0.15, 0.2) is 36.5 Å². The van der Waals surface area contributed by atoms with Crippen LogP contribution in [0.25, 0.3) is 0 Å². The van der Waals surface area contributed by atoms with E-state index in [0.717, 1.165) is 44.9 Å². The Morgan fingerprint density at radius 2 is 1.08 bits per heavy atom. The molecule has 4 nitrogen and oxygen atoms in total. The summed E-state index contributed by atoms with van der Waals surface area (Å²) < 4.78 is 0. The van der Waals surface area contributed by atoms with Crippen molar-refractivity contribution in [2.45, 2.75) is 167 Å². The van der Waals surface area contributed by atoms with Crippen molar-refractivity contribution < 1.29 is 15.0 Å². The molecule has 38 heavy (non-hydrogen) atoms. The number of carbonyl (C=O) groups is 1. The maximum Gasteiger partial charge on any atom is 0.220 e. The van der Waals surface area contributed by atoms with E-state index in [1.165, 1.54) is 89.9 Å². The highest BCUT2D eigenvalue weighted by Gasteiger charge is 2.17. The molecular weight excluding hydrogens is 470 g/mol. The smallest absolute Gasteiger partial charge is 0.220 e. The number of hydrogen-bond donors (Lipinski definition) is 3. The Balaban J connectivity index is 3.73. The van der Waals surface area contributed by atoms with E-state index < -0.39 is 12.1 Å². The van der Waals surface area contributed by atoms with Gasteiger partial charge in [0.25, 0.3) is 0 Å². The maximum atomic E-state index is 12.2. The highest BCUT2D eigenvalue weighted by atomic mass is 16.3. The normalized spacial score (nSPS) is 13.7. The summed E-state index contributed by atoms with van der Waals surface area (Å²) in [6, 6.07) is -0.638. The molecule has 0 aliphatic heterocycles. The molecule has 0 radical (unpaired) electrons. The van der Waals surface area contributed by atoms with Gasteiger partial charge in [0.15, 0.2) is 0 Å². The van der Waals surface area contributed by atoms with Crippen molar-refractivity contribution in [3.05, 3.63) is 36.5 Å². The zero-order valence-corrected chi connectivity index (χ0v) is 25.2. The third kappa shape index (κ3) is 26.2. The van der Waals surface area contributed by atoms with Gasteiger partial charge in [-0.1, -0.05) is 134 Å². The van der Waals surface area contributed by atoms with Crippen LogP contribution in [0.5, 0.6) is 0 Å². The van der Waals surface area contributed by atoms with Crippen LogP contribution in [0.3, 0.4) is 0 Å². The number of carbonyl (C=O) groups excluding carboxylic acids is 1. The Labute approximate surface area is 236 Å². The molecule has 2 atom stereocenters. The summed E-state index contributed by atoms with van der Waals surface area (Å²) in [6.07, 6.45) is 37.9. The molecular formula is C34H63NO3. The third-order valence-corrected chi connectivity index (χ3v) is 7.08. The van der Waals surface area contributed by atoms with Crippen LogP contribution < -0.4 is 5.32 Å². The van der Waals surface area contributed by atoms with Gasteiger partial charge in [-0.15, -0.1) is 0 Å². The summed E-state index contributed by atoms with van der Waals surface area (Å²) in [5.41, 5.74) is 0. The van der Waals surface area contributed by atoms with Crippen LogP contribution in [-0.4, -0.2) is 34.9 Å². The molecule has 0 spiro atoms. The lowest BCUT2D eigenvalue weighted by atomic mass is 10.1. The maximum absolute atomic E-state index is 12.2. The van der Waals surface area contributed by atoms with Crippen LogP contribution in [0, 0.1) is 0 Å². The number of allylic oxidation sites excluding steroid dienone is 5. The second-order valence-corrected chi connectivity index (χ2v) is 10.9. The van der Waals surface area contributed by atoms with Gasteiger partial charge < -0.3 is 15.5 Å². The van der Waals surface area contributed by atoms with Crippen LogP contribution in [-0.2, 0) is 4.79 Å². The monoisotopic (exact) mass is 533 g/mol. The summed E-state index contributed by atoms with van der Waals surface area (Å²) in [6.45, 7) is 4.20. The molecule has 0 aromatic heterocycles. The van der Waals surface area contributed by atoms with Crippen molar-refractivity contribution in [3.8, 4) is 0 Å². The molecule has 0 fully saturated rings. The lowest BCUT2D eigenvalue weighted by molar-refractivity contribution is -0.123. The first kappa shape index (κ1) is 36.6. The number of nitrogens with one attached hydrogen (secondary N) is 1. The average Bonchev–Trinajstić information content (AvgIpc) is 2.92. The minimum atomic E-state index is -0.861. The van der Waals surface area contributed by atoms with Gasteiger partial charge in [-0.25, -0.2) is 0 Å². The fourth-order valence-corrected chi connectivity index (χ4v) is 4.55. The molecule has 0 bridgehead atoms. The van der Waals surface area contributed by atoms with Crippen molar-refractivity contribution in [3.63, 3.8) is 0 Å². The van der Waals surface area contributed by atoms with Crippen LogP contribution in [0.1, 0.15) is 155 Å². The van der Waals surface area contributed by atoms with Crippen molar-refractivity contribution in [1.29, 1.82) is 0 Å². The minimum absolute atomic E-state index is 0.0890. The Hall–Kier alpha value is -1.39. The summed E-state index contributed by atoms with van der Waals surface area (Å²) in [7, 11) is 0. The number of amides is 1. The minimum Gasteiger partial charge on any atom is -0.394 e. The van der Waals surface area contributed by atoms with Gasteiger partial charge in [0.2, 0.25) is 5.91 Å². The standard InChI is InChI=1S/C34H63NO3/c1-3-5-7-9-11-13-15-16-17-18-19-20-21-23-25-27-29-33(37)32(31-36)35-34(38)30-28-26-24-22-14-12-10-8-6-4-2/h8,10,20-21,27,29,32-33,36-37H,3-7,9,11-19,22-26,28,30-31H2,1-2H3,(H,35,38)/b10-8-,21-20+,29-27+. The number of unbranched alkanes of at least 4 members (excludes halogenated alkanes) is 17. The van der Waals surface area contributed by atoms with E-state index >= 15 is 0 Å². The Morgan fingerprint density at radius 3 is 1.63 bits per heavy atom. The molecule has 222 valence electrons. The molecule has 0 aromatic rings. The van der Waals surface area contributed by atoms with Crippen molar-refractivity contribution in [1.82, 2.24) is 5.32 Å². The third-order valence-electron chi connectivity index (χ3n) is 7.08. The van der Waals surface area contributed by atoms with E-state index in [0.29, 0.717) is 6.42 Å². The van der Waals surface area contributed by atoms with Crippen molar-refractivity contribution in [2.75, 3.05) is 6.61 Å². The largest absolute Gasteiger partial charge is 0.394 e. The molecule has 0 saturated carbocycles. The Morgan fingerprint density at radius 1 is 0.605 bits per heavy atom. The number of aliphatic hydroxyl groups is 2. The molecule has 0 heterocycles. The second kappa shape index (κ2) is 30.2. The first-order valence-corrected chi connectivity index (χ1v) is 16.2. The number of rotatable bonds is 28.